The third-order valence-electron chi connectivity index (χ3n) is 2.41. The Morgan fingerprint density at radius 1 is 1.15 bits per heavy atom. The second-order valence-corrected chi connectivity index (χ2v) is 4.51. The van der Waals surface area contributed by atoms with Gasteiger partial charge in [0.2, 0.25) is 0 Å². The second kappa shape index (κ2) is 7.37. The molecule has 2 amide bonds. The summed E-state index contributed by atoms with van der Waals surface area (Å²) in [6, 6.07) is 5.77. The van der Waals surface area contributed by atoms with E-state index in [1.807, 2.05) is 0 Å². The first-order valence-corrected chi connectivity index (χ1v) is 6.35. The number of anilines is 1. The van der Waals surface area contributed by atoms with Crippen molar-refractivity contribution in [3.8, 4) is 5.75 Å². The summed E-state index contributed by atoms with van der Waals surface area (Å²) >= 11 is 0. The Morgan fingerprint density at radius 2 is 1.80 bits per heavy atom. The summed E-state index contributed by atoms with van der Waals surface area (Å²) in [6.45, 7) is 5.06. The molecule has 1 aromatic carbocycles. The number of rotatable bonds is 5. The van der Waals surface area contributed by atoms with Crippen LogP contribution in [0.15, 0.2) is 24.3 Å². The molecule has 0 aromatic heterocycles. The van der Waals surface area contributed by atoms with E-state index in [2.05, 4.69) is 10.6 Å². The SMILES string of the molecule is COc1ccccc1NC(=O)N[C@H](C)C(=O)OC(C)C. The molecule has 0 aliphatic carbocycles. The van der Waals surface area contributed by atoms with E-state index < -0.39 is 18.0 Å². The van der Waals surface area contributed by atoms with Crippen LogP contribution in [0.2, 0.25) is 0 Å². The lowest BCUT2D eigenvalue weighted by Gasteiger charge is -2.16. The lowest BCUT2D eigenvalue weighted by Crippen LogP contribution is -2.42. The number of amides is 2. The molecule has 0 aliphatic heterocycles. The zero-order chi connectivity index (χ0) is 15.1. The van der Waals surface area contributed by atoms with E-state index in [0.717, 1.165) is 0 Å². The van der Waals surface area contributed by atoms with Crippen LogP contribution >= 0.6 is 0 Å². The first kappa shape index (κ1) is 15.8. The quantitative estimate of drug-likeness (QED) is 0.810. The van der Waals surface area contributed by atoms with Crippen molar-refractivity contribution in [2.75, 3.05) is 12.4 Å². The van der Waals surface area contributed by atoms with Crippen LogP contribution in [0.25, 0.3) is 0 Å². The van der Waals surface area contributed by atoms with Crippen molar-refractivity contribution in [1.82, 2.24) is 5.32 Å². The minimum absolute atomic E-state index is 0.218. The highest BCUT2D eigenvalue weighted by atomic mass is 16.5. The maximum absolute atomic E-state index is 11.8. The van der Waals surface area contributed by atoms with Gasteiger partial charge in [0.1, 0.15) is 11.8 Å². The number of hydrogen-bond donors (Lipinski definition) is 2. The van der Waals surface area contributed by atoms with Crippen LogP contribution < -0.4 is 15.4 Å². The van der Waals surface area contributed by atoms with Gasteiger partial charge in [0, 0.05) is 0 Å². The van der Waals surface area contributed by atoms with Gasteiger partial charge >= 0.3 is 12.0 Å². The van der Waals surface area contributed by atoms with Gasteiger partial charge in [0.15, 0.2) is 0 Å². The van der Waals surface area contributed by atoms with Gasteiger partial charge in [-0.05, 0) is 32.9 Å². The topological polar surface area (TPSA) is 76.7 Å². The fourth-order valence-corrected chi connectivity index (χ4v) is 1.50. The lowest BCUT2D eigenvalue weighted by atomic mass is 10.3. The number of hydrogen-bond acceptors (Lipinski definition) is 4. The predicted octanol–water partition coefficient (Wildman–Crippen LogP) is 2.16. The average molecular weight is 280 g/mol. The normalized spacial score (nSPS) is 11.7. The molecule has 0 unspecified atom stereocenters. The molecule has 0 saturated carbocycles. The molecule has 110 valence electrons. The van der Waals surface area contributed by atoms with E-state index in [1.165, 1.54) is 7.11 Å². The zero-order valence-electron chi connectivity index (χ0n) is 12.1. The van der Waals surface area contributed by atoms with Gasteiger partial charge < -0.3 is 20.1 Å². The number of nitrogens with one attached hydrogen (secondary N) is 2. The highest BCUT2D eigenvalue weighted by Crippen LogP contribution is 2.22. The molecule has 6 heteroatoms. The van der Waals surface area contributed by atoms with Crippen LogP contribution in [-0.4, -0.2) is 31.3 Å². The summed E-state index contributed by atoms with van der Waals surface area (Å²) in [4.78, 5) is 23.4. The number of carbonyl (C=O) groups is 2. The van der Waals surface area contributed by atoms with Gasteiger partial charge in [-0.2, -0.15) is 0 Å². The predicted molar refractivity (Wildman–Crippen MR) is 75.8 cm³/mol. The first-order valence-electron chi connectivity index (χ1n) is 6.35. The summed E-state index contributed by atoms with van der Waals surface area (Å²) in [5, 5.41) is 5.12. The van der Waals surface area contributed by atoms with Crippen LogP contribution in [0.3, 0.4) is 0 Å². The van der Waals surface area contributed by atoms with Gasteiger partial charge in [0.05, 0.1) is 18.9 Å². The number of benzene rings is 1. The van der Waals surface area contributed by atoms with Crippen LogP contribution in [-0.2, 0) is 9.53 Å². The maximum Gasteiger partial charge on any atom is 0.328 e. The van der Waals surface area contributed by atoms with Crippen LogP contribution in [0.5, 0.6) is 5.75 Å². The Labute approximate surface area is 118 Å². The number of carbonyl (C=O) groups excluding carboxylic acids is 2. The Morgan fingerprint density at radius 3 is 2.40 bits per heavy atom. The monoisotopic (exact) mass is 280 g/mol. The standard InChI is InChI=1S/C14H20N2O4/c1-9(2)20-13(17)10(3)15-14(18)16-11-7-5-6-8-12(11)19-4/h5-10H,1-4H3,(H2,15,16,18)/t10-/m1/s1. The molecule has 1 atom stereocenters. The van der Waals surface area contributed by atoms with Crippen molar-refractivity contribution in [3.63, 3.8) is 0 Å². The fourth-order valence-electron chi connectivity index (χ4n) is 1.50. The molecule has 0 saturated heterocycles. The fraction of sp³-hybridized carbons (Fsp3) is 0.429. The number of para-hydroxylation sites is 2. The smallest absolute Gasteiger partial charge is 0.328 e. The summed E-state index contributed by atoms with van der Waals surface area (Å²) < 4.78 is 10.1. The maximum atomic E-state index is 11.8. The van der Waals surface area contributed by atoms with Gasteiger partial charge in [-0.15, -0.1) is 0 Å². The van der Waals surface area contributed by atoms with E-state index in [4.69, 9.17) is 9.47 Å². The Balaban J connectivity index is 2.57. The highest BCUT2D eigenvalue weighted by molar-refractivity contribution is 5.93. The molecule has 0 spiro atoms. The van der Waals surface area contributed by atoms with Crippen LogP contribution in [0, 0.1) is 0 Å². The summed E-state index contributed by atoms with van der Waals surface area (Å²) in [7, 11) is 1.51. The van der Waals surface area contributed by atoms with E-state index in [0.29, 0.717) is 11.4 Å². The van der Waals surface area contributed by atoms with Crippen molar-refractivity contribution in [2.45, 2.75) is 32.9 Å². The molecule has 0 aliphatic rings. The third kappa shape index (κ3) is 4.79. The molecular weight excluding hydrogens is 260 g/mol. The highest BCUT2D eigenvalue weighted by Gasteiger charge is 2.18. The van der Waals surface area contributed by atoms with Crippen LogP contribution in [0.1, 0.15) is 20.8 Å². The molecule has 1 aromatic rings. The molecule has 20 heavy (non-hydrogen) atoms. The van der Waals surface area contributed by atoms with Gasteiger partial charge in [-0.1, -0.05) is 12.1 Å². The summed E-state index contributed by atoms with van der Waals surface area (Å²) in [6.07, 6.45) is -0.218. The molecule has 2 N–H and O–H groups in total. The van der Waals surface area contributed by atoms with Crippen molar-refractivity contribution in [3.05, 3.63) is 24.3 Å². The van der Waals surface area contributed by atoms with Crippen molar-refractivity contribution < 1.29 is 19.1 Å². The van der Waals surface area contributed by atoms with Crippen molar-refractivity contribution >= 4 is 17.7 Å². The van der Waals surface area contributed by atoms with Gasteiger partial charge in [-0.25, -0.2) is 9.59 Å². The zero-order valence-corrected chi connectivity index (χ0v) is 12.1. The van der Waals surface area contributed by atoms with Gasteiger partial charge in [0.25, 0.3) is 0 Å². The molecule has 0 fully saturated rings. The number of esters is 1. The molecule has 0 radical (unpaired) electrons. The lowest BCUT2D eigenvalue weighted by molar-refractivity contribution is -0.149. The minimum Gasteiger partial charge on any atom is -0.495 e. The van der Waals surface area contributed by atoms with E-state index in [1.54, 1.807) is 45.0 Å². The summed E-state index contributed by atoms with van der Waals surface area (Å²) in [5.74, 6) is 0.0650. The van der Waals surface area contributed by atoms with E-state index in [-0.39, 0.29) is 6.10 Å². The molecule has 6 nitrogen and oxygen atoms in total. The molecule has 0 bridgehead atoms. The number of ether oxygens (including phenoxy) is 2. The van der Waals surface area contributed by atoms with Crippen molar-refractivity contribution in [2.24, 2.45) is 0 Å². The largest absolute Gasteiger partial charge is 0.495 e. The Hall–Kier alpha value is -2.24. The molecule has 0 heterocycles. The number of methoxy groups -OCH3 is 1. The van der Waals surface area contributed by atoms with E-state index >= 15 is 0 Å². The Kier molecular flexibility index (Phi) is 5.83. The third-order valence-corrected chi connectivity index (χ3v) is 2.41. The second-order valence-electron chi connectivity index (χ2n) is 4.51. The van der Waals surface area contributed by atoms with Gasteiger partial charge in [-0.3, -0.25) is 0 Å². The summed E-state index contributed by atoms with van der Waals surface area (Å²) in [5.41, 5.74) is 0.525. The number of urea groups is 1. The minimum atomic E-state index is -0.730. The first-order chi connectivity index (χ1) is 9.43. The van der Waals surface area contributed by atoms with Crippen LogP contribution in [0.4, 0.5) is 10.5 Å². The van der Waals surface area contributed by atoms with Crippen molar-refractivity contribution in [1.29, 1.82) is 0 Å². The Bertz CT molecular complexity index is 474. The van der Waals surface area contributed by atoms with E-state index in [9.17, 15) is 9.59 Å². The molecule has 1 rings (SSSR count). The molecular formula is C14H20N2O4. The average Bonchev–Trinajstić information content (AvgIpc) is 2.38.